The molecule has 0 bridgehead atoms. The van der Waals surface area contributed by atoms with Gasteiger partial charge in [-0.2, -0.15) is 0 Å². The van der Waals surface area contributed by atoms with Crippen molar-refractivity contribution in [2.75, 3.05) is 0 Å². The first-order valence-corrected chi connectivity index (χ1v) is 15.5. The fourth-order valence-corrected chi connectivity index (χ4v) is 7.52. The zero-order valence-electron chi connectivity index (χ0n) is 24.4. The van der Waals surface area contributed by atoms with Gasteiger partial charge < -0.3 is 4.74 Å². The van der Waals surface area contributed by atoms with Crippen LogP contribution in [0.5, 0.6) is 11.5 Å². The molecule has 0 aromatic heterocycles. The Morgan fingerprint density at radius 3 is 1.62 bits per heavy atom. The van der Waals surface area contributed by atoms with Crippen molar-refractivity contribution in [2.24, 2.45) is 0 Å². The van der Waals surface area contributed by atoms with Crippen molar-refractivity contribution in [3.05, 3.63) is 158 Å². The Morgan fingerprint density at radius 2 is 0.889 bits per heavy atom. The molecule has 0 saturated heterocycles. The van der Waals surface area contributed by atoms with E-state index in [1.54, 1.807) is 0 Å². The van der Waals surface area contributed by atoms with Gasteiger partial charge in [-0.15, -0.1) is 0 Å². The molecule has 9 aromatic rings. The van der Waals surface area contributed by atoms with Crippen molar-refractivity contribution in [1.29, 1.82) is 0 Å². The molecule has 10 rings (SSSR count). The molecule has 1 aliphatic rings. The molecule has 0 spiro atoms. The highest BCUT2D eigenvalue weighted by Crippen LogP contribution is 2.48. The Kier molecular flexibility index (Phi) is 5.06. The maximum Gasteiger partial charge on any atom is 0.136 e. The molecule has 0 atom stereocenters. The van der Waals surface area contributed by atoms with Crippen LogP contribution in [0.2, 0.25) is 0 Å². The molecular formula is C44H26O. The fraction of sp³-hybridized carbons (Fsp3) is 0. The maximum absolute atomic E-state index is 6.45. The van der Waals surface area contributed by atoms with Crippen molar-refractivity contribution >= 4 is 43.1 Å². The molecule has 1 heterocycles. The summed E-state index contributed by atoms with van der Waals surface area (Å²) >= 11 is 0. The van der Waals surface area contributed by atoms with Gasteiger partial charge in [0.1, 0.15) is 11.5 Å². The molecule has 208 valence electrons. The summed E-state index contributed by atoms with van der Waals surface area (Å²) in [7, 11) is 0. The fourth-order valence-electron chi connectivity index (χ4n) is 7.52. The predicted molar refractivity (Wildman–Crippen MR) is 189 cm³/mol. The molecule has 0 saturated carbocycles. The second kappa shape index (κ2) is 9.29. The van der Waals surface area contributed by atoms with Crippen LogP contribution in [0.1, 0.15) is 0 Å². The number of rotatable bonds is 3. The van der Waals surface area contributed by atoms with Gasteiger partial charge in [0.2, 0.25) is 0 Å². The first-order chi connectivity index (χ1) is 22.3. The Labute approximate surface area is 260 Å². The number of hydrogen-bond acceptors (Lipinski definition) is 1. The van der Waals surface area contributed by atoms with E-state index in [4.69, 9.17) is 4.74 Å². The zero-order chi connectivity index (χ0) is 29.5. The van der Waals surface area contributed by atoms with E-state index < -0.39 is 0 Å². The summed E-state index contributed by atoms with van der Waals surface area (Å²) in [5.41, 5.74) is 9.72. The average Bonchev–Trinajstić information content (AvgIpc) is 3.11. The summed E-state index contributed by atoms with van der Waals surface area (Å²) in [4.78, 5) is 0. The van der Waals surface area contributed by atoms with Crippen molar-refractivity contribution in [3.63, 3.8) is 0 Å². The minimum absolute atomic E-state index is 0.912. The molecular weight excluding hydrogens is 544 g/mol. The standard InChI is InChI=1S/C44H26O/c1-2-7-28(8-3-1)34-21-17-30-20-24-39-35(22-18-31-19-23-38(34)43(30)44(31)39)29-15-13-27(14-16-29)33-25-32-9-6-11-37-36-10-4-5-12-40(36)45-41(26-33)42(32)37/h1-26H. The third-order valence-corrected chi connectivity index (χ3v) is 9.62. The molecule has 0 fully saturated rings. The van der Waals surface area contributed by atoms with E-state index in [1.165, 1.54) is 76.5 Å². The van der Waals surface area contributed by atoms with Gasteiger partial charge in [0, 0.05) is 10.9 Å². The zero-order valence-corrected chi connectivity index (χ0v) is 24.4. The molecule has 1 aliphatic heterocycles. The summed E-state index contributed by atoms with van der Waals surface area (Å²) in [6.07, 6.45) is 0. The number of para-hydroxylation sites is 1. The van der Waals surface area contributed by atoms with Crippen molar-refractivity contribution in [1.82, 2.24) is 0 Å². The molecule has 45 heavy (non-hydrogen) atoms. The predicted octanol–water partition coefficient (Wildman–Crippen LogP) is 12.5. The molecule has 0 amide bonds. The van der Waals surface area contributed by atoms with Gasteiger partial charge in [-0.3, -0.25) is 0 Å². The molecule has 0 radical (unpaired) electrons. The van der Waals surface area contributed by atoms with Crippen LogP contribution in [0.15, 0.2) is 158 Å². The van der Waals surface area contributed by atoms with Crippen LogP contribution in [0.4, 0.5) is 0 Å². The van der Waals surface area contributed by atoms with E-state index >= 15 is 0 Å². The minimum Gasteiger partial charge on any atom is -0.456 e. The minimum atomic E-state index is 0.912. The lowest BCUT2D eigenvalue weighted by atomic mass is 9.87. The molecule has 9 aromatic carbocycles. The Hall–Kier alpha value is -5.92. The van der Waals surface area contributed by atoms with E-state index in [2.05, 4.69) is 152 Å². The third-order valence-electron chi connectivity index (χ3n) is 9.62. The van der Waals surface area contributed by atoms with E-state index in [9.17, 15) is 0 Å². The summed E-state index contributed by atoms with van der Waals surface area (Å²) in [6, 6.07) is 57.3. The van der Waals surface area contributed by atoms with E-state index in [-0.39, 0.29) is 0 Å². The van der Waals surface area contributed by atoms with Crippen molar-refractivity contribution in [2.45, 2.75) is 0 Å². The molecule has 1 nitrogen and oxygen atoms in total. The van der Waals surface area contributed by atoms with Crippen LogP contribution in [-0.4, -0.2) is 0 Å². The lowest BCUT2D eigenvalue weighted by Crippen LogP contribution is -1.97. The summed E-state index contributed by atoms with van der Waals surface area (Å²) in [5.74, 6) is 1.83. The molecule has 0 aliphatic carbocycles. The van der Waals surface area contributed by atoms with Crippen LogP contribution in [0.3, 0.4) is 0 Å². The van der Waals surface area contributed by atoms with Crippen LogP contribution in [-0.2, 0) is 0 Å². The summed E-state index contributed by atoms with van der Waals surface area (Å²) < 4.78 is 6.45. The summed E-state index contributed by atoms with van der Waals surface area (Å²) in [5, 5.41) is 10.2. The lowest BCUT2D eigenvalue weighted by molar-refractivity contribution is 0.487. The van der Waals surface area contributed by atoms with E-state index in [1.807, 2.05) is 6.07 Å². The molecule has 1 heteroatoms. The summed E-state index contributed by atoms with van der Waals surface area (Å²) in [6.45, 7) is 0. The second-order valence-electron chi connectivity index (χ2n) is 12.1. The maximum atomic E-state index is 6.45. The molecule has 0 unspecified atom stereocenters. The smallest absolute Gasteiger partial charge is 0.136 e. The largest absolute Gasteiger partial charge is 0.456 e. The SMILES string of the molecule is c1ccc(-c2ccc3ccc4c(-c5ccc(-c6cc7c8c(cccc8c6)-c6ccccc6O7)cc5)ccc5ccc2c3c54)cc1. The van der Waals surface area contributed by atoms with Crippen LogP contribution < -0.4 is 4.74 Å². The average molecular weight is 571 g/mol. The Balaban J connectivity index is 1.10. The highest BCUT2D eigenvalue weighted by molar-refractivity contribution is 6.27. The van der Waals surface area contributed by atoms with Crippen LogP contribution in [0, 0.1) is 0 Å². The number of fused-ring (bicyclic) bond motifs is 2. The van der Waals surface area contributed by atoms with Gasteiger partial charge in [0.15, 0.2) is 0 Å². The monoisotopic (exact) mass is 570 g/mol. The third kappa shape index (κ3) is 3.62. The van der Waals surface area contributed by atoms with Gasteiger partial charge in [0.25, 0.3) is 0 Å². The van der Waals surface area contributed by atoms with E-state index in [0.29, 0.717) is 0 Å². The first-order valence-electron chi connectivity index (χ1n) is 15.5. The van der Waals surface area contributed by atoms with Gasteiger partial charge in [-0.25, -0.2) is 0 Å². The lowest BCUT2D eigenvalue weighted by Gasteiger charge is -2.22. The van der Waals surface area contributed by atoms with Crippen molar-refractivity contribution < 1.29 is 4.74 Å². The number of ether oxygens (including phenoxy) is 1. The van der Waals surface area contributed by atoms with Crippen LogP contribution in [0.25, 0.3) is 87.6 Å². The first kappa shape index (κ1) is 24.5. The van der Waals surface area contributed by atoms with Gasteiger partial charge in [-0.05, 0) is 94.8 Å². The van der Waals surface area contributed by atoms with Crippen molar-refractivity contribution in [3.8, 4) is 56.0 Å². The molecule has 0 N–H and O–H groups in total. The van der Waals surface area contributed by atoms with Crippen LogP contribution >= 0.6 is 0 Å². The van der Waals surface area contributed by atoms with E-state index in [0.717, 1.165) is 22.6 Å². The second-order valence-corrected chi connectivity index (χ2v) is 12.1. The topological polar surface area (TPSA) is 9.23 Å². The van der Waals surface area contributed by atoms with Gasteiger partial charge >= 0.3 is 0 Å². The quantitative estimate of drug-likeness (QED) is 0.192. The Morgan fingerprint density at radius 1 is 0.289 bits per heavy atom. The number of benzene rings is 9. The normalized spacial score (nSPS) is 12.2. The highest BCUT2D eigenvalue weighted by atomic mass is 16.5. The van der Waals surface area contributed by atoms with Gasteiger partial charge in [-0.1, -0.05) is 140 Å². The number of hydrogen-bond donors (Lipinski definition) is 0. The highest BCUT2D eigenvalue weighted by Gasteiger charge is 2.21. The Bertz CT molecular complexity index is 2590. The van der Waals surface area contributed by atoms with Gasteiger partial charge in [0.05, 0.1) is 0 Å².